The van der Waals surface area contributed by atoms with Gasteiger partial charge in [0.15, 0.2) is 0 Å². The molecule has 0 unspecified atom stereocenters. The molecule has 0 aromatic carbocycles. The van der Waals surface area contributed by atoms with Crippen LogP contribution in [-0.4, -0.2) is 6.72 Å². The quantitative estimate of drug-likeness (QED) is 0.656. The van der Waals surface area contributed by atoms with Crippen molar-refractivity contribution < 1.29 is 31.1 Å². The molecule has 0 heterocycles. The summed E-state index contributed by atoms with van der Waals surface area (Å²) >= 11 is 0. The summed E-state index contributed by atoms with van der Waals surface area (Å²) in [5.41, 5.74) is 0.983. The van der Waals surface area contributed by atoms with Crippen molar-refractivity contribution in [2.75, 3.05) is 0 Å². The Kier molecular flexibility index (Phi) is 10.9. The van der Waals surface area contributed by atoms with Crippen LogP contribution in [0.15, 0.2) is 17.3 Å². The Hall–Kier alpha value is 0.462. The van der Waals surface area contributed by atoms with E-state index in [4.69, 9.17) is 0 Å². The monoisotopic (exact) mass is 377 g/mol. The van der Waals surface area contributed by atoms with Gasteiger partial charge in [-0.05, 0) is 19.6 Å². The fourth-order valence-electron chi connectivity index (χ4n) is 0.871. The number of hydrogen-bond donors (Lipinski definition) is 0. The van der Waals surface area contributed by atoms with Crippen molar-refractivity contribution >= 4 is 6.72 Å². The van der Waals surface area contributed by atoms with Crippen LogP contribution in [-0.2, 0) is 0 Å². The number of hydrogen-bond acceptors (Lipinski definition) is 1. The summed E-state index contributed by atoms with van der Waals surface area (Å²) in [5.74, 6) is 0.674. The van der Waals surface area contributed by atoms with Gasteiger partial charge < -0.3 is 0 Å². The van der Waals surface area contributed by atoms with E-state index in [1.54, 1.807) is 0 Å². The second-order valence-electron chi connectivity index (χ2n) is 2.28. The van der Waals surface area contributed by atoms with Crippen LogP contribution >= 0.6 is 0 Å². The van der Waals surface area contributed by atoms with E-state index in [1.165, 1.54) is 19.3 Å². The second kappa shape index (κ2) is 8.56. The molecular weight excluding hydrogens is 360 g/mol. The molecule has 11 heavy (non-hydrogen) atoms. The van der Waals surface area contributed by atoms with Crippen molar-refractivity contribution in [2.45, 2.75) is 33.1 Å². The van der Waals surface area contributed by atoms with Crippen LogP contribution in [0.5, 0.6) is 0 Å². The normalized spacial score (nSPS) is 14.7. The Balaban J connectivity index is 0. The molecule has 1 aliphatic carbocycles. The maximum absolute atomic E-state index is 3.77. The van der Waals surface area contributed by atoms with Gasteiger partial charge in [-0.1, -0.05) is 26.8 Å². The van der Waals surface area contributed by atoms with Gasteiger partial charge in [-0.15, -0.1) is 0 Å². The Morgan fingerprint density at radius 3 is 1.91 bits per heavy atom. The predicted molar refractivity (Wildman–Crippen MR) is 47.4 cm³/mol. The maximum Gasteiger partial charge on any atom is 0.0355 e. The first-order valence-corrected chi connectivity index (χ1v) is 4.00. The van der Waals surface area contributed by atoms with Gasteiger partial charge in [0.2, 0.25) is 0 Å². The van der Waals surface area contributed by atoms with Crippen LogP contribution in [0.4, 0.5) is 0 Å². The van der Waals surface area contributed by atoms with E-state index in [9.17, 15) is 0 Å². The summed E-state index contributed by atoms with van der Waals surface area (Å²) in [7, 11) is 0. The van der Waals surface area contributed by atoms with E-state index >= 15 is 0 Å². The van der Waals surface area contributed by atoms with Gasteiger partial charge in [0.05, 0.1) is 0 Å². The molecule has 1 nitrogen and oxygen atoms in total. The average Bonchev–Trinajstić information content (AvgIpc) is 1.89. The molecule has 0 saturated heterocycles. The topological polar surface area (TPSA) is 12.4 Å². The first kappa shape index (κ1) is 14.0. The molecule has 0 atom stereocenters. The third-order valence-corrected chi connectivity index (χ3v) is 1.78. The maximum atomic E-state index is 3.77. The minimum atomic E-state index is 0. The molecule has 0 amide bonds. The molecular formula is C9H17NU. The summed E-state index contributed by atoms with van der Waals surface area (Å²) in [6.45, 7) is 11.2. The SMILES string of the molecule is C=NC(=C)C1CCC1.CC.[U]. The molecule has 1 fully saturated rings. The van der Waals surface area contributed by atoms with E-state index in [2.05, 4.69) is 18.3 Å². The van der Waals surface area contributed by atoms with Crippen LogP contribution < -0.4 is 0 Å². The summed E-state index contributed by atoms with van der Waals surface area (Å²) in [6, 6.07) is 0. The number of aliphatic imine (C=N–C) groups is 1. The smallest absolute Gasteiger partial charge is 0.0355 e. The van der Waals surface area contributed by atoms with E-state index < -0.39 is 0 Å². The van der Waals surface area contributed by atoms with Gasteiger partial charge >= 0.3 is 0 Å². The van der Waals surface area contributed by atoms with Gasteiger partial charge in [-0.3, -0.25) is 4.99 Å². The van der Waals surface area contributed by atoms with Crippen molar-refractivity contribution in [1.29, 1.82) is 0 Å². The molecule has 0 aliphatic heterocycles. The summed E-state index contributed by atoms with van der Waals surface area (Å²) in [4.78, 5) is 3.77. The van der Waals surface area contributed by atoms with Crippen LogP contribution in [0, 0.1) is 37.0 Å². The Morgan fingerprint density at radius 1 is 1.36 bits per heavy atom. The predicted octanol–water partition coefficient (Wildman–Crippen LogP) is 3.03. The zero-order valence-electron chi connectivity index (χ0n) is 7.56. The molecule has 0 aromatic rings. The average molecular weight is 377 g/mol. The Bertz CT molecular complexity index is 117. The van der Waals surface area contributed by atoms with Crippen molar-refractivity contribution in [3.8, 4) is 0 Å². The molecule has 1 aliphatic rings. The third kappa shape index (κ3) is 4.82. The minimum Gasteiger partial charge on any atom is -0.269 e. The van der Waals surface area contributed by atoms with Crippen LogP contribution in [0.2, 0.25) is 0 Å². The van der Waals surface area contributed by atoms with Gasteiger partial charge in [-0.2, -0.15) is 0 Å². The van der Waals surface area contributed by atoms with E-state index in [0.717, 1.165) is 5.70 Å². The molecule has 62 valence electrons. The van der Waals surface area contributed by atoms with Crippen molar-refractivity contribution in [3.05, 3.63) is 12.3 Å². The molecule has 0 spiro atoms. The van der Waals surface area contributed by atoms with Crippen molar-refractivity contribution in [3.63, 3.8) is 0 Å². The molecule has 2 heteroatoms. The van der Waals surface area contributed by atoms with Crippen molar-refractivity contribution in [2.24, 2.45) is 10.9 Å². The number of nitrogens with zero attached hydrogens (tertiary/aromatic N) is 1. The minimum absolute atomic E-state index is 0. The first-order valence-electron chi connectivity index (χ1n) is 4.00. The standard InChI is InChI=1S/C7H11N.C2H6.U/c1-6(8-2)7-4-3-5-7;1-2;/h7H,1-5H2;1-2H3;. The van der Waals surface area contributed by atoms with Crippen LogP contribution in [0.25, 0.3) is 0 Å². The molecule has 0 N–H and O–H groups in total. The van der Waals surface area contributed by atoms with Crippen molar-refractivity contribution in [1.82, 2.24) is 0 Å². The van der Waals surface area contributed by atoms with Crippen LogP contribution in [0.3, 0.4) is 0 Å². The van der Waals surface area contributed by atoms with E-state index in [1.807, 2.05) is 13.8 Å². The zero-order chi connectivity index (χ0) is 7.98. The Morgan fingerprint density at radius 2 is 1.82 bits per heavy atom. The van der Waals surface area contributed by atoms with E-state index in [0.29, 0.717) is 5.92 Å². The summed E-state index contributed by atoms with van der Waals surface area (Å²) in [6.07, 6.45) is 3.90. The molecule has 0 radical (unpaired) electrons. The first-order chi connectivity index (χ1) is 4.84. The van der Waals surface area contributed by atoms with E-state index in [-0.39, 0.29) is 31.1 Å². The fourth-order valence-corrected chi connectivity index (χ4v) is 0.871. The zero-order valence-corrected chi connectivity index (χ0v) is 11.7. The molecule has 0 bridgehead atoms. The third-order valence-electron chi connectivity index (χ3n) is 1.78. The summed E-state index contributed by atoms with van der Waals surface area (Å²) in [5, 5.41) is 0. The molecule has 1 rings (SSSR count). The summed E-state index contributed by atoms with van der Waals surface area (Å²) < 4.78 is 0. The number of allylic oxidation sites excluding steroid dienone is 1. The molecule has 0 aromatic heterocycles. The largest absolute Gasteiger partial charge is 0.269 e. The number of rotatable bonds is 2. The molecule has 1 saturated carbocycles. The van der Waals surface area contributed by atoms with Gasteiger partial charge in [0.25, 0.3) is 0 Å². The Labute approximate surface area is 93.7 Å². The second-order valence-corrected chi connectivity index (χ2v) is 2.28. The fraction of sp³-hybridized carbons (Fsp3) is 0.667. The van der Waals surface area contributed by atoms with Gasteiger partial charge in [0, 0.05) is 42.7 Å². The van der Waals surface area contributed by atoms with Crippen LogP contribution in [0.1, 0.15) is 33.1 Å². The van der Waals surface area contributed by atoms with Gasteiger partial charge in [0.1, 0.15) is 0 Å². The van der Waals surface area contributed by atoms with Gasteiger partial charge in [-0.25, -0.2) is 0 Å².